The molecule has 5 atom stereocenters. The molecule has 0 aromatic heterocycles. The zero-order valence-corrected chi connectivity index (χ0v) is 21.7. The molecule has 4 N–H and O–H groups in total. The summed E-state index contributed by atoms with van der Waals surface area (Å²) < 4.78 is 11.0. The normalized spacial score (nSPS) is 24.8. The van der Waals surface area contributed by atoms with E-state index in [-0.39, 0.29) is 36.0 Å². The first-order chi connectivity index (χ1) is 18.1. The fourth-order valence-corrected chi connectivity index (χ4v) is 5.50. The number of hydrogen-bond acceptors (Lipinski definition) is 6. The Morgan fingerprint density at radius 1 is 0.919 bits per heavy atom. The van der Waals surface area contributed by atoms with Crippen molar-refractivity contribution >= 4 is 5.91 Å². The van der Waals surface area contributed by atoms with Crippen LogP contribution in [-0.4, -0.2) is 25.8 Å². The van der Waals surface area contributed by atoms with Gasteiger partial charge in [0.2, 0.25) is 5.91 Å². The summed E-state index contributed by atoms with van der Waals surface area (Å²) >= 11 is 0. The average Bonchev–Trinajstić information content (AvgIpc) is 3.37. The minimum Gasteiger partial charge on any atom is -0.497 e. The molecule has 0 saturated carbocycles. The maximum atomic E-state index is 13.7. The lowest BCUT2D eigenvalue weighted by Crippen LogP contribution is -2.54. The quantitative estimate of drug-likeness (QED) is 0.372. The van der Waals surface area contributed by atoms with E-state index in [1.807, 2.05) is 31.2 Å². The largest absolute Gasteiger partial charge is 0.497 e. The summed E-state index contributed by atoms with van der Waals surface area (Å²) in [5.74, 6) is 1.59. The van der Waals surface area contributed by atoms with E-state index in [1.54, 1.807) is 7.11 Å². The first-order valence-electron chi connectivity index (χ1n) is 13.0. The van der Waals surface area contributed by atoms with Gasteiger partial charge in [-0.1, -0.05) is 54.1 Å². The highest BCUT2D eigenvalue weighted by atomic mass is 16.5. The molecule has 0 aliphatic carbocycles. The second kappa shape index (κ2) is 11.3. The molecule has 37 heavy (non-hydrogen) atoms. The molecule has 2 fully saturated rings. The van der Waals surface area contributed by atoms with Crippen molar-refractivity contribution in [1.82, 2.24) is 21.5 Å². The van der Waals surface area contributed by atoms with Crippen molar-refractivity contribution < 1.29 is 14.3 Å². The van der Waals surface area contributed by atoms with E-state index in [2.05, 4.69) is 76.9 Å². The lowest BCUT2D eigenvalue weighted by Gasteiger charge is -2.40. The van der Waals surface area contributed by atoms with Crippen LogP contribution in [0.1, 0.15) is 47.7 Å². The van der Waals surface area contributed by atoms with Gasteiger partial charge in [-0.25, -0.2) is 10.9 Å². The number of rotatable bonds is 8. The summed E-state index contributed by atoms with van der Waals surface area (Å²) in [5.41, 5.74) is 11.5. The molecule has 5 rings (SSSR count). The van der Waals surface area contributed by atoms with Gasteiger partial charge in [0.15, 0.2) is 0 Å². The van der Waals surface area contributed by atoms with Gasteiger partial charge in [-0.05, 0) is 61.2 Å². The van der Waals surface area contributed by atoms with Crippen molar-refractivity contribution in [1.29, 1.82) is 0 Å². The van der Waals surface area contributed by atoms with Crippen molar-refractivity contribution in [3.8, 4) is 11.5 Å². The number of hydrogen-bond donors (Lipinski definition) is 4. The van der Waals surface area contributed by atoms with Crippen LogP contribution in [0.5, 0.6) is 11.5 Å². The van der Waals surface area contributed by atoms with E-state index < -0.39 is 0 Å². The van der Waals surface area contributed by atoms with Crippen LogP contribution >= 0.6 is 0 Å². The Kier molecular flexibility index (Phi) is 7.74. The average molecular weight is 501 g/mol. The van der Waals surface area contributed by atoms with Gasteiger partial charge in [0.25, 0.3) is 0 Å². The number of benzene rings is 3. The van der Waals surface area contributed by atoms with Crippen molar-refractivity contribution in [3.63, 3.8) is 0 Å². The molecule has 3 aromatic rings. The number of fused-ring (bicyclic) bond motifs is 1. The summed E-state index contributed by atoms with van der Waals surface area (Å²) in [6.07, 6.45) is 0.637. The summed E-state index contributed by atoms with van der Waals surface area (Å²) in [4.78, 5) is 13.7. The Balaban J connectivity index is 1.38. The molecule has 7 heteroatoms. The third-order valence-corrected chi connectivity index (χ3v) is 7.49. The van der Waals surface area contributed by atoms with Crippen molar-refractivity contribution in [2.24, 2.45) is 11.8 Å². The Morgan fingerprint density at radius 2 is 1.59 bits per heavy atom. The van der Waals surface area contributed by atoms with E-state index in [4.69, 9.17) is 9.47 Å². The van der Waals surface area contributed by atoms with E-state index in [9.17, 15) is 4.79 Å². The van der Waals surface area contributed by atoms with E-state index in [0.29, 0.717) is 19.6 Å². The molecular weight excluding hydrogens is 464 g/mol. The van der Waals surface area contributed by atoms with Gasteiger partial charge >= 0.3 is 0 Å². The zero-order valence-electron chi connectivity index (χ0n) is 21.7. The van der Waals surface area contributed by atoms with Gasteiger partial charge in [0.1, 0.15) is 11.5 Å². The van der Waals surface area contributed by atoms with Gasteiger partial charge in [-0.2, -0.15) is 0 Å². The fraction of sp³-hybridized carbons (Fsp3) is 0.367. The van der Waals surface area contributed by atoms with Crippen LogP contribution in [0.25, 0.3) is 0 Å². The summed E-state index contributed by atoms with van der Waals surface area (Å²) in [7, 11) is 1.67. The van der Waals surface area contributed by atoms with Gasteiger partial charge < -0.3 is 14.8 Å². The van der Waals surface area contributed by atoms with E-state index in [0.717, 1.165) is 28.2 Å². The van der Waals surface area contributed by atoms with Crippen LogP contribution in [-0.2, 0) is 11.3 Å². The first kappa shape index (κ1) is 25.3. The number of nitrogens with one attached hydrogen (secondary N) is 4. The zero-order chi connectivity index (χ0) is 25.8. The smallest absolute Gasteiger partial charge is 0.223 e. The maximum absolute atomic E-state index is 13.7. The fourth-order valence-electron chi connectivity index (χ4n) is 5.50. The molecule has 0 radical (unpaired) electrons. The molecule has 2 aliphatic rings. The highest BCUT2D eigenvalue weighted by molar-refractivity contribution is 5.79. The highest BCUT2D eigenvalue weighted by Gasteiger charge is 2.49. The van der Waals surface area contributed by atoms with Gasteiger partial charge in [-0.15, -0.1) is 0 Å². The Labute approximate surface area is 218 Å². The third-order valence-electron chi connectivity index (χ3n) is 7.49. The number of methoxy groups -OCH3 is 1. The van der Waals surface area contributed by atoms with Crippen molar-refractivity contribution in [3.05, 3.63) is 95.1 Å². The Morgan fingerprint density at radius 3 is 2.27 bits per heavy atom. The van der Waals surface area contributed by atoms with Crippen molar-refractivity contribution in [2.45, 2.75) is 45.1 Å². The van der Waals surface area contributed by atoms with Gasteiger partial charge in [0.05, 0.1) is 25.9 Å². The second-order valence-electron chi connectivity index (χ2n) is 9.86. The molecule has 2 saturated heterocycles. The molecule has 3 aromatic carbocycles. The lowest BCUT2D eigenvalue weighted by molar-refractivity contribution is -0.129. The first-order valence-corrected chi connectivity index (χ1v) is 13.0. The minimum absolute atomic E-state index is 0.0141. The number of carbonyl (C=O) groups excluding carboxylic acids is 1. The predicted molar refractivity (Wildman–Crippen MR) is 144 cm³/mol. The molecule has 7 nitrogen and oxygen atoms in total. The van der Waals surface area contributed by atoms with Crippen LogP contribution in [0.3, 0.4) is 0 Å². The maximum Gasteiger partial charge on any atom is 0.223 e. The molecule has 0 bridgehead atoms. The van der Waals surface area contributed by atoms with Gasteiger partial charge in [0, 0.05) is 24.4 Å². The van der Waals surface area contributed by atoms with Crippen molar-refractivity contribution in [2.75, 3.05) is 13.7 Å². The van der Waals surface area contributed by atoms with Crippen LogP contribution in [0, 0.1) is 18.8 Å². The third kappa shape index (κ3) is 5.64. The Bertz CT molecular complexity index is 1180. The van der Waals surface area contributed by atoms with Crippen LogP contribution < -0.4 is 31.0 Å². The number of hydrazine groups is 1. The SMILES string of the molecule is CCOc1ccc(C2CC(C(=O)NCc3ccc(C)cc3)C3C(NNC3c3ccc(OC)cc3)N2)cc1. The number of ether oxygens (including phenoxy) is 2. The van der Waals surface area contributed by atoms with Crippen LogP contribution in [0.4, 0.5) is 0 Å². The predicted octanol–water partition coefficient (Wildman–Crippen LogP) is 4.16. The number of piperidine rings is 1. The van der Waals surface area contributed by atoms with E-state index in [1.165, 1.54) is 5.56 Å². The molecule has 194 valence electrons. The molecule has 1 amide bonds. The molecule has 2 heterocycles. The van der Waals surface area contributed by atoms with Gasteiger partial charge in [-0.3, -0.25) is 10.1 Å². The summed E-state index contributed by atoms with van der Waals surface area (Å²) in [6.45, 7) is 5.20. The topological polar surface area (TPSA) is 83.7 Å². The molecule has 2 aliphatic heterocycles. The standard InChI is InChI=1S/C30H36N4O3/c1-4-37-24-15-9-21(10-16-24)26-17-25(30(35)31-18-20-7-5-19(2)6-8-20)27-28(33-34-29(27)32-26)22-11-13-23(36-3)14-12-22/h5-16,25-29,32-34H,4,17-18H2,1-3H3,(H,31,35). The number of carbonyl (C=O) groups is 1. The number of amides is 1. The minimum atomic E-state index is -0.192. The summed E-state index contributed by atoms with van der Waals surface area (Å²) in [5, 5.41) is 6.98. The number of aryl methyl sites for hydroxylation is 1. The molecule has 5 unspecified atom stereocenters. The highest BCUT2D eigenvalue weighted by Crippen LogP contribution is 2.42. The Hall–Kier alpha value is -3.39. The lowest BCUT2D eigenvalue weighted by atomic mass is 9.74. The van der Waals surface area contributed by atoms with E-state index >= 15 is 0 Å². The second-order valence-corrected chi connectivity index (χ2v) is 9.86. The molecule has 0 spiro atoms. The summed E-state index contributed by atoms with van der Waals surface area (Å²) in [6, 6.07) is 24.6. The monoisotopic (exact) mass is 500 g/mol. The van der Waals surface area contributed by atoms with Crippen LogP contribution in [0.2, 0.25) is 0 Å². The van der Waals surface area contributed by atoms with Crippen LogP contribution in [0.15, 0.2) is 72.8 Å². The molecular formula is C30H36N4O3.